The van der Waals surface area contributed by atoms with E-state index < -0.39 is 0 Å². The van der Waals surface area contributed by atoms with Gasteiger partial charge in [0, 0.05) is 17.5 Å². The van der Waals surface area contributed by atoms with Crippen LogP contribution in [-0.2, 0) is 16.0 Å². The van der Waals surface area contributed by atoms with Gasteiger partial charge in [-0.15, -0.1) is 0 Å². The van der Waals surface area contributed by atoms with E-state index in [4.69, 9.17) is 14.2 Å². The predicted octanol–water partition coefficient (Wildman–Crippen LogP) is 6.00. The molecule has 2 aromatic rings. The lowest BCUT2D eigenvalue weighted by Crippen LogP contribution is -2.10. The molecule has 0 aromatic heterocycles. The van der Waals surface area contributed by atoms with Crippen molar-refractivity contribution in [3.05, 3.63) is 64.7 Å². The number of ether oxygens (including phenoxy) is 3. The molecular formula is C27H30O4. The van der Waals surface area contributed by atoms with E-state index in [1.54, 1.807) is 0 Å². The Morgan fingerprint density at radius 3 is 2.84 bits per heavy atom. The van der Waals surface area contributed by atoms with Crippen molar-refractivity contribution in [2.45, 2.75) is 58.0 Å². The van der Waals surface area contributed by atoms with Crippen molar-refractivity contribution in [1.82, 2.24) is 0 Å². The van der Waals surface area contributed by atoms with E-state index in [1.807, 2.05) is 18.2 Å². The van der Waals surface area contributed by atoms with Gasteiger partial charge in [0.2, 0.25) is 0 Å². The number of methoxy groups -OCH3 is 1. The van der Waals surface area contributed by atoms with Gasteiger partial charge in [-0.3, -0.25) is 4.79 Å². The Labute approximate surface area is 184 Å². The second-order valence-corrected chi connectivity index (χ2v) is 9.55. The Morgan fingerprint density at radius 1 is 1.19 bits per heavy atom. The largest absolute Gasteiger partial charge is 0.492 e. The van der Waals surface area contributed by atoms with E-state index in [9.17, 15) is 4.79 Å². The summed E-state index contributed by atoms with van der Waals surface area (Å²) in [5.74, 6) is 1.48. The molecule has 0 amide bonds. The summed E-state index contributed by atoms with van der Waals surface area (Å²) >= 11 is 0. The van der Waals surface area contributed by atoms with Gasteiger partial charge in [0.1, 0.15) is 17.6 Å². The molecule has 0 N–H and O–H groups in total. The van der Waals surface area contributed by atoms with Crippen LogP contribution in [0, 0.1) is 5.41 Å². The highest BCUT2D eigenvalue weighted by Crippen LogP contribution is 2.48. The van der Waals surface area contributed by atoms with Gasteiger partial charge in [-0.05, 0) is 59.4 Å². The monoisotopic (exact) mass is 418 g/mol. The average molecular weight is 419 g/mol. The van der Waals surface area contributed by atoms with Gasteiger partial charge in [-0.25, -0.2) is 0 Å². The molecule has 0 saturated heterocycles. The molecule has 2 atom stereocenters. The van der Waals surface area contributed by atoms with Crippen LogP contribution in [0.1, 0.15) is 73.8 Å². The molecule has 0 radical (unpaired) electrons. The first-order valence-corrected chi connectivity index (χ1v) is 11.3. The van der Waals surface area contributed by atoms with Crippen molar-refractivity contribution in [3.63, 3.8) is 0 Å². The first-order chi connectivity index (χ1) is 15.0. The molecular weight excluding hydrogens is 388 g/mol. The van der Waals surface area contributed by atoms with Crippen molar-refractivity contribution in [3.8, 4) is 11.5 Å². The number of carbonyl (C=O) groups excluding carboxylic acids is 1. The van der Waals surface area contributed by atoms with Crippen LogP contribution in [0.3, 0.4) is 0 Å². The van der Waals surface area contributed by atoms with Crippen LogP contribution >= 0.6 is 0 Å². The quantitative estimate of drug-likeness (QED) is 0.559. The summed E-state index contributed by atoms with van der Waals surface area (Å²) in [7, 11) is 1.42. The third kappa shape index (κ3) is 3.62. The highest BCUT2D eigenvalue weighted by molar-refractivity contribution is 5.75. The fourth-order valence-electron chi connectivity index (χ4n) is 5.40. The summed E-state index contributed by atoms with van der Waals surface area (Å²) < 4.78 is 17.1. The molecule has 0 unspecified atom stereocenters. The Hall–Kier alpha value is -2.75. The minimum atomic E-state index is -0.208. The molecule has 4 heteroatoms. The van der Waals surface area contributed by atoms with Gasteiger partial charge in [-0.2, -0.15) is 0 Å². The summed E-state index contributed by atoms with van der Waals surface area (Å²) in [6.07, 6.45) is 7.25. The molecule has 2 aromatic carbocycles. The SMILES string of the molecule is COC(=O)C[C@@H]1COc2cc(O[C@@H]3CCc4c(C5=CCCC5(C)C)cccc43)ccc21. The summed E-state index contributed by atoms with van der Waals surface area (Å²) in [6, 6.07) is 12.7. The third-order valence-electron chi connectivity index (χ3n) is 7.14. The van der Waals surface area contributed by atoms with Gasteiger partial charge in [-0.1, -0.05) is 44.2 Å². The molecule has 31 heavy (non-hydrogen) atoms. The standard InChI is InChI=1S/C27H30O4/c1-27(2)13-5-8-23(27)21-6-4-7-22-20(21)11-12-24(22)31-18-9-10-19-17(14-26(28)29-3)16-30-25(19)15-18/h4,6-10,15,17,24H,5,11-14,16H2,1-3H3/t17-,24-/m1/s1. The smallest absolute Gasteiger partial charge is 0.306 e. The molecule has 0 bridgehead atoms. The number of rotatable bonds is 5. The lowest BCUT2D eigenvalue weighted by atomic mass is 9.80. The van der Waals surface area contributed by atoms with Crippen LogP contribution in [0.5, 0.6) is 11.5 Å². The molecule has 0 spiro atoms. The molecule has 4 nitrogen and oxygen atoms in total. The van der Waals surface area contributed by atoms with Gasteiger partial charge in [0.05, 0.1) is 20.1 Å². The van der Waals surface area contributed by atoms with Crippen LogP contribution in [0.25, 0.3) is 5.57 Å². The van der Waals surface area contributed by atoms with Crippen molar-refractivity contribution in [2.75, 3.05) is 13.7 Å². The first kappa shape index (κ1) is 20.2. The second-order valence-electron chi connectivity index (χ2n) is 9.55. The summed E-state index contributed by atoms with van der Waals surface area (Å²) in [6.45, 7) is 5.22. The van der Waals surface area contributed by atoms with Crippen LogP contribution in [0.2, 0.25) is 0 Å². The number of benzene rings is 2. The molecule has 1 aliphatic heterocycles. The summed E-state index contributed by atoms with van der Waals surface area (Å²) in [5, 5.41) is 0. The maximum absolute atomic E-state index is 11.6. The van der Waals surface area contributed by atoms with E-state index in [0.717, 1.165) is 36.3 Å². The summed E-state index contributed by atoms with van der Waals surface area (Å²) in [5.41, 5.74) is 6.96. The van der Waals surface area contributed by atoms with E-state index in [0.29, 0.717) is 13.0 Å². The van der Waals surface area contributed by atoms with Crippen LogP contribution in [-0.4, -0.2) is 19.7 Å². The second kappa shape index (κ2) is 7.74. The van der Waals surface area contributed by atoms with Gasteiger partial charge in [0.25, 0.3) is 0 Å². The predicted molar refractivity (Wildman–Crippen MR) is 120 cm³/mol. The highest BCUT2D eigenvalue weighted by Gasteiger charge is 2.34. The van der Waals surface area contributed by atoms with Crippen LogP contribution in [0.15, 0.2) is 42.5 Å². The van der Waals surface area contributed by atoms with Gasteiger partial charge >= 0.3 is 5.97 Å². The van der Waals surface area contributed by atoms with Gasteiger partial charge < -0.3 is 14.2 Å². The Balaban J connectivity index is 1.36. The number of hydrogen-bond donors (Lipinski definition) is 0. The van der Waals surface area contributed by atoms with Crippen molar-refractivity contribution in [1.29, 1.82) is 0 Å². The first-order valence-electron chi connectivity index (χ1n) is 11.3. The third-order valence-corrected chi connectivity index (χ3v) is 7.14. The van der Waals surface area contributed by atoms with Crippen molar-refractivity contribution in [2.24, 2.45) is 5.41 Å². The lowest BCUT2D eigenvalue weighted by molar-refractivity contribution is -0.141. The molecule has 3 aliphatic rings. The minimum absolute atomic E-state index is 0.0503. The molecule has 162 valence electrons. The Kier molecular flexibility index (Phi) is 5.04. The molecule has 2 aliphatic carbocycles. The number of carbonyl (C=O) groups is 1. The van der Waals surface area contributed by atoms with Crippen LogP contribution in [0.4, 0.5) is 0 Å². The van der Waals surface area contributed by atoms with Crippen molar-refractivity contribution < 1.29 is 19.0 Å². The molecule has 0 fully saturated rings. The number of esters is 1. The Bertz CT molecular complexity index is 1050. The maximum Gasteiger partial charge on any atom is 0.306 e. The lowest BCUT2D eigenvalue weighted by Gasteiger charge is -2.25. The molecule has 5 rings (SSSR count). The molecule has 1 heterocycles. The fourth-order valence-corrected chi connectivity index (χ4v) is 5.40. The van der Waals surface area contributed by atoms with Gasteiger partial charge in [0.15, 0.2) is 0 Å². The van der Waals surface area contributed by atoms with E-state index in [1.165, 1.54) is 35.8 Å². The van der Waals surface area contributed by atoms with E-state index in [-0.39, 0.29) is 23.4 Å². The zero-order valence-electron chi connectivity index (χ0n) is 18.6. The zero-order chi connectivity index (χ0) is 21.6. The Morgan fingerprint density at radius 2 is 2.06 bits per heavy atom. The average Bonchev–Trinajstić information content (AvgIpc) is 3.45. The number of hydrogen-bond acceptors (Lipinski definition) is 4. The normalized spacial score (nSPS) is 23.0. The van der Waals surface area contributed by atoms with Crippen LogP contribution < -0.4 is 9.47 Å². The number of allylic oxidation sites excluding steroid dienone is 2. The fraction of sp³-hybridized carbons (Fsp3) is 0.444. The van der Waals surface area contributed by atoms with Crippen molar-refractivity contribution >= 4 is 11.5 Å². The summed E-state index contributed by atoms with van der Waals surface area (Å²) in [4.78, 5) is 11.6. The number of fused-ring (bicyclic) bond motifs is 2. The van der Waals surface area contributed by atoms with E-state index >= 15 is 0 Å². The topological polar surface area (TPSA) is 44.8 Å². The zero-order valence-corrected chi connectivity index (χ0v) is 18.6. The minimum Gasteiger partial charge on any atom is -0.492 e. The highest BCUT2D eigenvalue weighted by atomic mass is 16.5. The van der Waals surface area contributed by atoms with E-state index in [2.05, 4.69) is 38.1 Å². The molecule has 0 saturated carbocycles. The maximum atomic E-state index is 11.6.